The highest BCUT2D eigenvalue weighted by atomic mass is 32.2. The van der Waals surface area contributed by atoms with Crippen molar-refractivity contribution in [2.45, 2.75) is 50.7 Å². The Bertz CT molecular complexity index is 1360. The Balaban J connectivity index is 1.48. The molecule has 0 saturated heterocycles. The second-order valence-corrected chi connectivity index (χ2v) is 9.44. The van der Waals surface area contributed by atoms with Crippen LogP contribution in [0.25, 0.3) is 22.1 Å². The van der Waals surface area contributed by atoms with Gasteiger partial charge in [0, 0.05) is 17.1 Å². The lowest BCUT2D eigenvalue weighted by Gasteiger charge is -2.17. The van der Waals surface area contributed by atoms with E-state index in [0.717, 1.165) is 47.9 Å². The van der Waals surface area contributed by atoms with E-state index < -0.39 is 0 Å². The number of benzene rings is 2. The first-order valence-electron chi connectivity index (χ1n) is 10.9. The number of nitrogens with one attached hydrogen (secondary N) is 1. The molecule has 0 atom stereocenters. The quantitative estimate of drug-likeness (QED) is 0.318. The van der Waals surface area contributed by atoms with E-state index in [9.17, 15) is 9.59 Å². The van der Waals surface area contributed by atoms with Crippen LogP contribution in [-0.2, 0) is 4.79 Å². The van der Waals surface area contributed by atoms with Gasteiger partial charge in [0.15, 0.2) is 5.16 Å². The van der Waals surface area contributed by atoms with Gasteiger partial charge < -0.3 is 9.73 Å². The summed E-state index contributed by atoms with van der Waals surface area (Å²) in [5.41, 5.74) is 4.34. The Labute approximate surface area is 190 Å². The van der Waals surface area contributed by atoms with Gasteiger partial charge in [0.05, 0.1) is 5.75 Å². The zero-order valence-electron chi connectivity index (χ0n) is 18.2. The number of thioether (sulfide) groups is 1. The molecule has 32 heavy (non-hydrogen) atoms. The molecule has 1 amide bonds. The number of carbonyl (C=O) groups is 1. The Morgan fingerprint density at radius 2 is 1.88 bits per heavy atom. The van der Waals surface area contributed by atoms with Crippen LogP contribution < -0.4 is 10.9 Å². The minimum absolute atomic E-state index is 0.0950. The predicted molar refractivity (Wildman–Crippen MR) is 129 cm³/mol. The molecule has 0 bridgehead atoms. The van der Waals surface area contributed by atoms with Gasteiger partial charge in [-0.05, 0) is 62.1 Å². The smallest absolute Gasteiger partial charge is 0.298 e. The molecule has 2 heterocycles. The van der Waals surface area contributed by atoms with Gasteiger partial charge in [-0.25, -0.2) is 4.98 Å². The third kappa shape index (κ3) is 3.93. The number of carbonyl (C=O) groups excluding carboxylic acids is 1. The normalized spacial score (nSPS) is 14.4. The van der Waals surface area contributed by atoms with Crippen molar-refractivity contribution in [1.82, 2.24) is 9.55 Å². The number of amides is 1. The van der Waals surface area contributed by atoms with Crippen molar-refractivity contribution in [3.63, 3.8) is 0 Å². The molecule has 0 spiro atoms. The van der Waals surface area contributed by atoms with Crippen LogP contribution in [0.3, 0.4) is 0 Å². The van der Waals surface area contributed by atoms with Gasteiger partial charge in [0.1, 0.15) is 11.1 Å². The molecule has 164 valence electrons. The van der Waals surface area contributed by atoms with E-state index in [1.165, 1.54) is 11.8 Å². The Hall–Kier alpha value is -3.06. The molecular weight excluding hydrogens is 422 g/mol. The molecule has 2 aromatic heterocycles. The molecular formula is C25H25N3O3S. The number of nitrogens with zero attached hydrogens (tertiary/aromatic N) is 2. The Kier molecular flexibility index (Phi) is 5.51. The minimum atomic E-state index is -0.157. The summed E-state index contributed by atoms with van der Waals surface area (Å²) in [5, 5.41) is 4.37. The first-order chi connectivity index (χ1) is 15.5. The third-order valence-electron chi connectivity index (χ3n) is 5.92. The summed E-state index contributed by atoms with van der Waals surface area (Å²) in [6, 6.07) is 13.6. The summed E-state index contributed by atoms with van der Waals surface area (Å²) >= 11 is 1.31. The number of fused-ring (bicyclic) bond motifs is 3. The highest BCUT2D eigenvalue weighted by Gasteiger charge is 2.25. The number of anilines is 1. The maximum Gasteiger partial charge on any atom is 0.298 e. The first-order valence-corrected chi connectivity index (χ1v) is 11.9. The molecule has 1 aliphatic carbocycles. The van der Waals surface area contributed by atoms with Crippen molar-refractivity contribution in [2.75, 3.05) is 11.1 Å². The SMILES string of the molecule is Cc1cc(C)cc(NC(=O)CSc2nc3c(oc4ccccc43)c(=O)n2C2CCCC2)c1. The van der Waals surface area contributed by atoms with Crippen molar-refractivity contribution in [3.8, 4) is 0 Å². The van der Waals surface area contributed by atoms with Crippen molar-refractivity contribution in [1.29, 1.82) is 0 Å². The number of hydrogen-bond donors (Lipinski definition) is 1. The molecule has 5 rings (SSSR count). The molecule has 6 nitrogen and oxygen atoms in total. The van der Waals surface area contributed by atoms with Gasteiger partial charge in [-0.2, -0.15) is 0 Å². The van der Waals surface area contributed by atoms with Crippen molar-refractivity contribution < 1.29 is 9.21 Å². The van der Waals surface area contributed by atoms with Crippen molar-refractivity contribution >= 4 is 45.4 Å². The summed E-state index contributed by atoms with van der Waals surface area (Å²) < 4.78 is 7.64. The fraction of sp³-hybridized carbons (Fsp3) is 0.320. The first kappa shape index (κ1) is 20.8. The van der Waals surface area contributed by atoms with Crippen LogP contribution in [0.1, 0.15) is 42.9 Å². The lowest BCUT2D eigenvalue weighted by molar-refractivity contribution is -0.113. The lowest BCUT2D eigenvalue weighted by Crippen LogP contribution is -2.26. The highest BCUT2D eigenvalue weighted by molar-refractivity contribution is 7.99. The Morgan fingerprint density at radius 1 is 1.16 bits per heavy atom. The molecule has 1 aliphatic rings. The summed E-state index contributed by atoms with van der Waals surface area (Å²) in [4.78, 5) is 30.9. The third-order valence-corrected chi connectivity index (χ3v) is 6.88. The summed E-state index contributed by atoms with van der Waals surface area (Å²) in [7, 11) is 0. The van der Waals surface area contributed by atoms with E-state index in [1.807, 2.05) is 50.2 Å². The van der Waals surface area contributed by atoms with Crippen LogP contribution in [-0.4, -0.2) is 21.2 Å². The van der Waals surface area contributed by atoms with E-state index >= 15 is 0 Å². The van der Waals surface area contributed by atoms with Crippen LogP contribution in [0.5, 0.6) is 0 Å². The standard InChI is InChI=1S/C25H25N3O3S/c1-15-11-16(2)13-17(12-15)26-21(29)14-32-25-27-22-19-9-5-6-10-20(19)31-23(22)24(30)28(25)18-7-3-4-8-18/h5-6,9-13,18H,3-4,7-8,14H2,1-2H3,(H,26,29). The lowest BCUT2D eigenvalue weighted by atomic mass is 10.1. The van der Waals surface area contributed by atoms with E-state index in [-0.39, 0.29) is 23.3 Å². The summed E-state index contributed by atoms with van der Waals surface area (Å²) in [6.45, 7) is 4.01. The average Bonchev–Trinajstić information content (AvgIpc) is 3.40. The Morgan fingerprint density at radius 3 is 2.62 bits per heavy atom. The molecule has 1 fully saturated rings. The van der Waals surface area contributed by atoms with Crippen LogP contribution in [0.4, 0.5) is 5.69 Å². The zero-order chi connectivity index (χ0) is 22.2. The van der Waals surface area contributed by atoms with Crippen LogP contribution in [0, 0.1) is 13.8 Å². The number of aryl methyl sites for hydroxylation is 2. The molecule has 1 saturated carbocycles. The zero-order valence-corrected chi connectivity index (χ0v) is 19.0. The van der Waals surface area contributed by atoms with Crippen LogP contribution in [0.15, 0.2) is 56.8 Å². The largest absolute Gasteiger partial charge is 0.448 e. The minimum Gasteiger partial charge on any atom is -0.448 e. The van der Waals surface area contributed by atoms with Gasteiger partial charge in [-0.15, -0.1) is 0 Å². The van der Waals surface area contributed by atoms with Crippen molar-refractivity contribution in [2.24, 2.45) is 0 Å². The number of para-hydroxylation sites is 1. The molecule has 2 aromatic carbocycles. The van der Waals surface area contributed by atoms with Gasteiger partial charge >= 0.3 is 0 Å². The van der Waals surface area contributed by atoms with Crippen molar-refractivity contribution in [3.05, 3.63) is 63.9 Å². The molecule has 0 unspecified atom stereocenters. The van der Waals surface area contributed by atoms with Crippen LogP contribution >= 0.6 is 11.8 Å². The van der Waals surface area contributed by atoms with Gasteiger partial charge in [-0.1, -0.05) is 42.8 Å². The second kappa shape index (κ2) is 8.47. The summed E-state index contributed by atoms with van der Waals surface area (Å²) in [5.74, 6) is 0.0531. The van der Waals surface area contributed by atoms with E-state index in [4.69, 9.17) is 9.40 Å². The second-order valence-electron chi connectivity index (χ2n) is 8.50. The maximum absolute atomic E-state index is 13.4. The monoisotopic (exact) mass is 447 g/mol. The molecule has 7 heteroatoms. The molecule has 4 aromatic rings. The topological polar surface area (TPSA) is 77.1 Å². The number of rotatable bonds is 5. The van der Waals surface area contributed by atoms with Gasteiger partial charge in [-0.3, -0.25) is 14.2 Å². The number of hydrogen-bond acceptors (Lipinski definition) is 5. The fourth-order valence-electron chi connectivity index (χ4n) is 4.59. The highest BCUT2D eigenvalue weighted by Crippen LogP contribution is 2.34. The predicted octanol–water partition coefficient (Wildman–Crippen LogP) is 5.61. The molecule has 1 N–H and O–H groups in total. The number of furan rings is 1. The maximum atomic E-state index is 13.4. The van der Waals surface area contributed by atoms with E-state index in [2.05, 4.69) is 11.4 Å². The van der Waals surface area contributed by atoms with Gasteiger partial charge in [0.25, 0.3) is 5.56 Å². The average molecular weight is 448 g/mol. The van der Waals surface area contributed by atoms with E-state index in [0.29, 0.717) is 21.8 Å². The van der Waals surface area contributed by atoms with E-state index in [1.54, 1.807) is 4.57 Å². The molecule has 0 aliphatic heterocycles. The van der Waals surface area contributed by atoms with Gasteiger partial charge in [0.2, 0.25) is 11.5 Å². The number of aromatic nitrogens is 2. The molecule has 0 radical (unpaired) electrons. The van der Waals surface area contributed by atoms with Crippen LogP contribution in [0.2, 0.25) is 0 Å². The fourth-order valence-corrected chi connectivity index (χ4v) is 5.45. The summed E-state index contributed by atoms with van der Waals surface area (Å²) in [6.07, 6.45) is 4.06.